The van der Waals surface area contributed by atoms with Crippen molar-refractivity contribution in [1.29, 1.82) is 0 Å². The number of carbonyl (C=O) groups excluding carboxylic acids is 2. The number of nitrogens with zero attached hydrogens (tertiary/aromatic N) is 5. The lowest BCUT2D eigenvalue weighted by Gasteiger charge is -2.29. The van der Waals surface area contributed by atoms with Crippen molar-refractivity contribution in [3.63, 3.8) is 0 Å². The molecule has 3 aliphatic heterocycles. The molecule has 2 atom stereocenters. The summed E-state index contributed by atoms with van der Waals surface area (Å²) >= 11 is 24.3. The third-order valence-electron chi connectivity index (χ3n) is 17.0. The monoisotopic (exact) mass is 1810 g/mol. The molecule has 13 nitrogen and oxygen atoms in total. The van der Waals surface area contributed by atoms with Crippen molar-refractivity contribution in [3.8, 4) is 0 Å². The number of carbonyl (C=O) groups is 2. The number of rotatable bonds is 22. The second kappa shape index (κ2) is 62.9. The molecule has 0 radical (unpaired) electrons. The maximum Gasteiger partial charge on any atom is 0.253 e. The normalized spacial score (nSPS) is 14.7. The highest BCUT2D eigenvalue weighted by Crippen LogP contribution is 2.42. The van der Waals surface area contributed by atoms with E-state index in [-0.39, 0.29) is 65.0 Å². The van der Waals surface area contributed by atoms with Gasteiger partial charge in [0.15, 0.2) is 27.3 Å². The van der Waals surface area contributed by atoms with E-state index < -0.39 is 58.3 Å². The van der Waals surface area contributed by atoms with E-state index in [4.69, 9.17) is 46.4 Å². The van der Waals surface area contributed by atoms with E-state index in [0.717, 1.165) is 78.3 Å². The molecular weight excluding hydrogens is 1650 g/mol. The van der Waals surface area contributed by atoms with Gasteiger partial charge in [0.25, 0.3) is 5.91 Å². The van der Waals surface area contributed by atoms with Gasteiger partial charge in [-0.15, -0.1) is 0 Å². The Balaban J connectivity index is -0.000000618. The Bertz CT molecular complexity index is 3860. The van der Waals surface area contributed by atoms with E-state index in [0.29, 0.717) is 61.5 Å². The summed E-state index contributed by atoms with van der Waals surface area (Å²) in [6.07, 6.45) is 20.2. The van der Waals surface area contributed by atoms with Crippen LogP contribution >= 0.6 is 46.4 Å². The van der Waals surface area contributed by atoms with Crippen molar-refractivity contribution in [1.82, 2.24) is 14.8 Å². The highest BCUT2D eigenvalue weighted by Gasteiger charge is 2.34. The molecule has 0 bridgehead atoms. The van der Waals surface area contributed by atoms with Crippen molar-refractivity contribution >= 4 is 87.7 Å². The maximum atomic E-state index is 13.4. The van der Waals surface area contributed by atoms with Gasteiger partial charge in [0.2, 0.25) is 5.91 Å². The van der Waals surface area contributed by atoms with Crippen LogP contribution in [-0.2, 0) is 58.4 Å². The van der Waals surface area contributed by atoms with Crippen LogP contribution in [0, 0.1) is 115 Å². The summed E-state index contributed by atoms with van der Waals surface area (Å²) in [4.78, 5) is 27.8. The van der Waals surface area contributed by atoms with Crippen LogP contribution in [0.25, 0.3) is 0 Å². The van der Waals surface area contributed by atoms with Crippen LogP contribution < -0.4 is 0 Å². The Morgan fingerprint density at radius 3 is 1.34 bits per heavy atom. The number of hydrogen-bond acceptors (Lipinski definition) is 11. The summed E-state index contributed by atoms with van der Waals surface area (Å²) in [5, 5.41) is 11.5. The topological polar surface area (TPSA) is 171 Å². The zero-order chi connectivity index (χ0) is 93.3. The van der Waals surface area contributed by atoms with Crippen LogP contribution in [-0.4, -0.2) is 114 Å². The lowest BCUT2D eigenvalue weighted by atomic mass is 9.94. The van der Waals surface area contributed by atoms with E-state index in [2.05, 4.69) is 176 Å². The molecule has 24 heteroatoms. The summed E-state index contributed by atoms with van der Waals surface area (Å²) < 4.78 is 117. The SMILES string of the molecule is C=C1CCC(=O)N1CC(C)C.C=C1CCCN1CC(C)C.CC.CC(C)CC(C)C.CC(C)CN1N=NC2C=CC=CC2C1=O.CC(C)CS(C)(=O)=O.CC(C)Cc1ccccc1.CCCC(C)C.CCS(C)(=O)=O.Cc1c(Cl)c(Cl)c(Cl)c(CC(C)C)c1Cl.Cc1c(F)c(F)c(F)c(CC(C)C)c1F.Cc1ccc(S(=O)(=O)CC(C)C)cc1. The van der Waals surface area contributed by atoms with Gasteiger partial charge < -0.3 is 9.80 Å². The number of benzene rings is 4. The van der Waals surface area contributed by atoms with Gasteiger partial charge >= 0.3 is 0 Å². The first-order valence-corrected chi connectivity index (χ1v) is 49.9. The maximum absolute atomic E-state index is 13.4. The molecular formula is C95H157Cl4F4N5O8S3. The first-order chi connectivity index (χ1) is 54.8. The summed E-state index contributed by atoms with van der Waals surface area (Å²) in [6.45, 7) is 70.7. The Labute approximate surface area is 743 Å². The Morgan fingerprint density at radius 2 is 0.966 bits per heavy atom. The van der Waals surface area contributed by atoms with Gasteiger partial charge in [0.1, 0.15) is 31.5 Å². The van der Waals surface area contributed by atoms with Crippen LogP contribution in [0.15, 0.2) is 119 Å². The zero-order valence-electron chi connectivity index (χ0n) is 78.7. The van der Waals surface area contributed by atoms with Crippen molar-refractivity contribution in [3.05, 3.63) is 180 Å². The fourth-order valence-electron chi connectivity index (χ4n) is 11.8. The molecule has 684 valence electrons. The second-order valence-electron chi connectivity index (χ2n) is 35.2. The minimum absolute atomic E-state index is 0.0294. The number of likely N-dealkylation sites (tertiary alicyclic amines) is 2. The second-order valence-corrected chi connectivity index (χ2v) is 43.3. The fraction of sp³-hybridized carbons (Fsp3) is 0.642. The van der Waals surface area contributed by atoms with Gasteiger partial charge in [-0.3, -0.25) is 9.59 Å². The lowest BCUT2D eigenvalue weighted by Crippen LogP contribution is -2.41. The molecule has 0 aromatic heterocycles. The van der Waals surface area contributed by atoms with Gasteiger partial charge in [-0.25, -0.2) is 47.8 Å². The molecule has 0 spiro atoms. The molecule has 3 heterocycles. The number of fused-ring (bicyclic) bond motifs is 1. The van der Waals surface area contributed by atoms with Crippen molar-refractivity contribution in [2.45, 2.75) is 276 Å². The van der Waals surface area contributed by atoms with Crippen LogP contribution in [0.5, 0.6) is 0 Å². The summed E-state index contributed by atoms with van der Waals surface area (Å²) in [5.74, 6) is 1.47. The minimum Gasteiger partial charge on any atom is -0.375 e. The fourth-order valence-corrected chi connectivity index (χ4v) is 15.7. The molecule has 4 aromatic carbocycles. The number of allylic oxidation sites excluding steroid dienone is 4. The number of aryl methyl sites for hydroxylation is 1. The first kappa shape index (κ1) is 120. The molecule has 4 aliphatic rings. The summed E-state index contributed by atoms with van der Waals surface area (Å²) in [7, 11) is -8.46. The molecule has 1 aliphatic carbocycles. The molecule has 2 fully saturated rings. The molecule has 0 N–H and O–H groups in total. The van der Waals surface area contributed by atoms with Gasteiger partial charge in [0.05, 0.1) is 37.4 Å². The Hall–Kier alpha value is -5.09. The molecule has 2 unspecified atom stereocenters. The Kier molecular flexibility index (Phi) is 63.6. The average molecular weight is 1810 g/mol. The van der Waals surface area contributed by atoms with Gasteiger partial charge in [-0.1, -0.05) is 330 Å². The number of sulfone groups is 3. The largest absolute Gasteiger partial charge is 0.375 e. The predicted octanol–water partition coefficient (Wildman–Crippen LogP) is 27.8. The predicted molar refractivity (Wildman–Crippen MR) is 504 cm³/mol. The quantitative estimate of drug-likeness (QED) is 0.0422. The van der Waals surface area contributed by atoms with Crippen molar-refractivity contribution in [2.24, 2.45) is 81.4 Å². The lowest BCUT2D eigenvalue weighted by molar-refractivity contribution is -0.137. The number of halogens is 8. The molecule has 8 rings (SSSR count). The van der Waals surface area contributed by atoms with Gasteiger partial charge in [-0.2, -0.15) is 5.11 Å². The van der Waals surface area contributed by atoms with E-state index >= 15 is 0 Å². The smallest absolute Gasteiger partial charge is 0.253 e. The number of amides is 2. The zero-order valence-corrected chi connectivity index (χ0v) is 84.2. The van der Waals surface area contributed by atoms with E-state index in [1.807, 2.05) is 96.7 Å². The number of hydrogen-bond donors (Lipinski definition) is 0. The first-order valence-electron chi connectivity index (χ1n) is 42.6. The van der Waals surface area contributed by atoms with Crippen LogP contribution in [0.4, 0.5) is 17.6 Å². The third-order valence-corrected chi connectivity index (χ3v) is 23.4. The standard InChI is InChI=1S/C11H12Cl4.C11H12F4.C11H15N3O.C11H16O2S.C10H14.C9H15NO.C9H17N.C7H16.C6H14.C5H12O2S.C3H8O2S.C2H6/c2*1-5(2)4-7-8(12)6(3)9(13)11(15)10(7)14;1-8(2)7-14-11(15)9-5-3-4-6-10(9)12-13-14;1-9(2)8-14(12,13)11-6-4-10(3)5-7-11;1-9(2)8-10-6-4-3-5-7-10;1-7(2)6-10-8(3)4-5-9(10)11;1-8(2)7-10-6-4-5-9(10)3;1-6(2)5-7(3)4;1-4-5-6(2)3;1-5(2)4-8(3,6)7;1-3-6(2,4)5;1-2/h2*5H,4H2,1-3H3;3-6,8-10H,7H2,1-2H3;4-7,9H,8H2,1-3H3;3-7,9H,8H2,1-2H3;7H,3-6H2,1-2H3;8H,3-7H2,1-2H3;6-7H,5H2,1-4H3;6H,4-5H2,1-3H3;5H,4H2,1-3H3;3H2,1-2H3;1-2H3. The van der Waals surface area contributed by atoms with Gasteiger partial charge in [0, 0.05) is 78.4 Å². The van der Waals surface area contributed by atoms with E-state index in [1.54, 1.807) is 32.9 Å². The van der Waals surface area contributed by atoms with Gasteiger partial charge in [-0.05, 0) is 160 Å². The molecule has 4 aromatic rings. The highest BCUT2D eigenvalue weighted by atomic mass is 35.5. The van der Waals surface area contributed by atoms with Crippen LogP contribution in [0.3, 0.4) is 0 Å². The van der Waals surface area contributed by atoms with Crippen LogP contribution in [0.2, 0.25) is 20.1 Å². The van der Waals surface area contributed by atoms with E-state index in [1.165, 1.54) is 80.4 Å². The third kappa shape index (κ3) is 55.7. The highest BCUT2D eigenvalue weighted by molar-refractivity contribution is 7.91. The average Bonchev–Trinajstić information content (AvgIpc) is 1.71. The summed E-state index contributed by atoms with van der Waals surface area (Å²) in [5.41, 5.74) is 5.69. The summed E-state index contributed by atoms with van der Waals surface area (Å²) in [6, 6.07) is 17.5. The van der Waals surface area contributed by atoms with E-state index in [9.17, 15) is 52.4 Å². The van der Waals surface area contributed by atoms with Crippen molar-refractivity contribution in [2.75, 3.05) is 55.9 Å². The molecule has 2 saturated heterocycles. The minimum atomic E-state index is -3.08. The van der Waals surface area contributed by atoms with Crippen LogP contribution in [0.1, 0.15) is 258 Å². The Morgan fingerprint density at radius 1 is 0.487 bits per heavy atom. The molecule has 2 amide bonds. The van der Waals surface area contributed by atoms with Crippen molar-refractivity contribution < 1.29 is 52.4 Å². The molecule has 119 heavy (non-hydrogen) atoms. The molecule has 0 saturated carbocycles.